The molecule has 1 aromatic rings. The molecule has 0 aromatic carbocycles. The summed E-state index contributed by atoms with van der Waals surface area (Å²) < 4.78 is 5.34. The number of aliphatic imine (C=N–C) groups is 1. The van der Waals surface area contributed by atoms with Crippen molar-refractivity contribution in [2.24, 2.45) is 16.6 Å². The van der Waals surface area contributed by atoms with Crippen LogP contribution in [0.5, 0.6) is 0 Å². The quantitative estimate of drug-likeness (QED) is 0.418. The van der Waals surface area contributed by atoms with E-state index in [0.717, 1.165) is 57.5 Å². The van der Waals surface area contributed by atoms with Crippen LogP contribution in [0.2, 0.25) is 0 Å². The van der Waals surface area contributed by atoms with E-state index < -0.39 is 0 Å². The van der Waals surface area contributed by atoms with Gasteiger partial charge in [0.1, 0.15) is 0 Å². The molecule has 0 bridgehead atoms. The standard InChI is InChI=1S/C16H27N5OS.HI/c1-13-19-15(12-23-13)11-20-4-2-14(3-5-20)10-18-16(17)21-6-8-22-9-7-21;/h12,14H,2-11H2,1H3,(H2,17,18);1H. The number of aryl methyl sites for hydroxylation is 1. The van der Waals surface area contributed by atoms with Crippen molar-refractivity contribution in [3.8, 4) is 0 Å². The van der Waals surface area contributed by atoms with Gasteiger partial charge in [-0.05, 0) is 38.8 Å². The van der Waals surface area contributed by atoms with E-state index in [1.807, 2.05) is 0 Å². The van der Waals surface area contributed by atoms with Crippen molar-refractivity contribution in [3.05, 3.63) is 16.1 Å². The first kappa shape index (κ1) is 19.9. The number of nitrogens with two attached hydrogens (primary N) is 1. The molecule has 2 saturated heterocycles. The number of piperidine rings is 1. The molecule has 0 unspecified atom stereocenters. The second-order valence-corrected chi connectivity index (χ2v) is 7.44. The van der Waals surface area contributed by atoms with Crippen molar-refractivity contribution in [2.45, 2.75) is 26.3 Å². The fraction of sp³-hybridized carbons (Fsp3) is 0.750. The number of guanidine groups is 1. The van der Waals surface area contributed by atoms with E-state index in [0.29, 0.717) is 11.9 Å². The van der Waals surface area contributed by atoms with E-state index in [2.05, 4.69) is 32.1 Å². The molecule has 0 atom stereocenters. The fourth-order valence-corrected chi connectivity index (χ4v) is 3.76. The van der Waals surface area contributed by atoms with Crippen LogP contribution in [0.4, 0.5) is 0 Å². The minimum absolute atomic E-state index is 0. The smallest absolute Gasteiger partial charge is 0.191 e. The first-order chi connectivity index (χ1) is 11.2. The SMILES string of the molecule is Cc1nc(CN2CCC(CN=C(N)N3CCOCC3)CC2)cs1.I. The van der Waals surface area contributed by atoms with Crippen LogP contribution < -0.4 is 5.73 Å². The molecule has 0 amide bonds. The number of nitrogens with zero attached hydrogens (tertiary/aromatic N) is 4. The van der Waals surface area contributed by atoms with E-state index in [1.54, 1.807) is 11.3 Å². The molecule has 6 nitrogen and oxygen atoms in total. The number of hydrogen-bond donors (Lipinski definition) is 1. The molecule has 0 aliphatic carbocycles. The third kappa shape index (κ3) is 5.82. The summed E-state index contributed by atoms with van der Waals surface area (Å²) in [7, 11) is 0. The Bertz CT molecular complexity index is 524. The lowest BCUT2D eigenvalue weighted by Gasteiger charge is -2.31. The Hall–Kier alpha value is -0.450. The fourth-order valence-electron chi connectivity index (χ4n) is 3.15. The molecule has 0 spiro atoms. The molecule has 0 saturated carbocycles. The van der Waals surface area contributed by atoms with E-state index in [4.69, 9.17) is 10.5 Å². The molecule has 2 aliphatic heterocycles. The Kier molecular flexibility index (Phi) is 8.18. The van der Waals surface area contributed by atoms with Crippen molar-refractivity contribution in [2.75, 3.05) is 45.9 Å². The van der Waals surface area contributed by atoms with Gasteiger partial charge in [0.05, 0.1) is 23.9 Å². The summed E-state index contributed by atoms with van der Waals surface area (Å²) in [5, 5.41) is 3.33. The topological polar surface area (TPSA) is 67.0 Å². The molecular formula is C16H28IN5OS. The normalized spacial score (nSPS) is 20.9. The number of hydrogen-bond acceptors (Lipinski definition) is 5. The van der Waals surface area contributed by atoms with Gasteiger partial charge in [0.2, 0.25) is 0 Å². The summed E-state index contributed by atoms with van der Waals surface area (Å²) in [6.45, 7) is 9.40. The molecule has 2 fully saturated rings. The summed E-state index contributed by atoms with van der Waals surface area (Å²) in [6, 6.07) is 0. The van der Waals surface area contributed by atoms with Crippen molar-refractivity contribution in [1.82, 2.24) is 14.8 Å². The lowest BCUT2D eigenvalue weighted by atomic mass is 9.97. The van der Waals surface area contributed by atoms with Crippen molar-refractivity contribution in [3.63, 3.8) is 0 Å². The van der Waals surface area contributed by atoms with Gasteiger partial charge in [-0.25, -0.2) is 4.98 Å². The van der Waals surface area contributed by atoms with Gasteiger partial charge in [-0.1, -0.05) is 0 Å². The summed E-state index contributed by atoms with van der Waals surface area (Å²) in [5.41, 5.74) is 7.31. The van der Waals surface area contributed by atoms with E-state index >= 15 is 0 Å². The second-order valence-electron chi connectivity index (χ2n) is 6.38. The number of rotatable bonds is 4. The van der Waals surface area contributed by atoms with Crippen LogP contribution in [0.15, 0.2) is 10.4 Å². The monoisotopic (exact) mass is 465 g/mol. The van der Waals surface area contributed by atoms with Crippen LogP contribution in [-0.4, -0.2) is 66.7 Å². The molecule has 2 N–H and O–H groups in total. The molecule has 8 heteroatoms. The molecule has 3 heterocycles. The van der Waals surface area contributed by atoms with Gasteiger partial charge in [-0.3, -0.25) is 9.89 Å². The van der Waals surface area contributed by atoms with Gasteiger partial charge >= 0.3 is 0 Å². The highest BCUT2D eigenvalue weighted by Gasteiger charge is 2.20. The highest BCUT2D eigenvalue weighted by Crippen LogP contribution is 2.20. The maximum absolute atomic E-state index is 6.10. The molecule has 136 valence electrons. The zero-order valence-corrected chi connectivity index (χ0v) is 17.5. The Morgan fingerprint density at radius 2 is 2.04 bits per heavy atom. The van der Waals surface area contributed by atoms with Gasteiger partial charge in [-0.2, -0.15) is 0 Å². The predicted molar refractivity (Wildman–Crippen MR) is 109 cm³/mol. The van der Waals surface area contributed by atoms with Crippen LogP contribution in [0.1, 0.15) is 23.5 Å². The number of likely N-dealkylation sites (tertiary alicyclic amines) is 1. The molecule has 2 aliphatic rings. The highest BCUT2D eigenvalue weighted by molar-refractivity contribution is 14.0. The number of morpholine rings is 1. The summed E-state index contributed by atoms with van der Waals surface area (Å²) in [4.78, 5) is 13.8. The van der Waals surface area contributed by atoms with Crippen LogP contribution in [0.3, 0.4) is 0 Å². The third-order valence-corrected chi connectivity index (χ3v) is 5.43. The minimum Gasteiger partial charge on any atom is -0.378 e. The van der Waals surface area contributed by atoms with Crippen LogP contribution in [0.25, 0.3) is 0 Å². The number of aromatic nitrogens is 1. The number of ether oxygens (including phenoxy) is 1. The second kappa shape index (κ2) is 9.88. The summed E-state index contributed by atoms with van der Waals surface area (Å²) >= 11 is 1.74. The van der Waals surface area contributed by atoms with Crippen LogP contribution >= 0.6 is 35.3 Å². The molecular weight excluding hydrogens is 437 g/mol. The lowest BCUT2D eigenvalue weighted by molar-refractivity contribution is 0.0673. The first-order valence-electron chi connectivity index (χ1n) is 8.46. The van der Waals surface area contributed by atoms with E-state index in [9.17, 15) is 0 Å². The average molecular weight is 465 g/mol. The zero-order chi connectivity index (χ0) is 16.1. The average Bonchev–Trinajstić information content (AvgIpc) is 2.99. The summed E-state index contributed by atoms with van der Waals surface area (Å²) in [6.07, 6.45) is 2.39. The van der Waals surface area contributed by atoms with Crippen molar-refractivity contribution < 1.29 is 4.74 Å². The molecule has 0 radical (unpaired) electrons. The largest absolute Gasteiger partial charge is 0.378 e. The Balaban J connectivity index is 0.00000208. The van der Waals surface area contributed by atoms with Gasteiger partial charge in [0.15, 0.2) is 5.96 Å². The first-order valence-corrected chi connectivity index (χ1v) is 9.34. The maximum Gasteiger partial charge on any atom is 0.191 e. The summed E-state index contributed by atoms with van der Waals surface area (Å²) in [5.74, 6) is 1.34. The van der Waals surface area contributed by atoms with Crippen LogP contribution in [-0.2, 0) is 11.3 Å². The van der Waals surface area contributed by atoms with E-state index in [1.165, 1.54) is 18.5 Å². The van der Waals surface area contributed by atoms with Crippen molar-refractivity contribution in [1.29, 1.82) is 0 Å². The predicted octanol–water partition coefficient (Wildman–Crippen LogP) is 1.93. The zero-order valence-electron chi connectivity index (χ0n) is 14.3. The number of halogens is 1. The maximum atomic E-state index is 6.10. The van der Waals surface area contributed by atoms with Crippen LogP contribution in [0, 0.1) is 12.8 Å². The Morgan fingerprint density at radius 3 is 2.67 bits per heavy atom. The Labute approximate surface area is 165 Å². The highest BCUT2D eigenvalue weighted by atomic mass is 127. The molecule has 1 aromatic heterocycles. The minimum atomic E-state index is 0. The third-order valence-electron chi connectivity index (χ3n) is 4.61. The Morgan fingerprint density at radius 1 is 1.33 bits per heavy atom. The van der Waals surface area contributed by atoms with Gasteiger partial charge in [0.25, 0.3) is 0 Å². The van der Waals surface area contributed by atoms with Crippen molar-refractivity contribution >= 4 is 41.3 Å². The lowest BCUT2D eigenvalue weighted by Crippen LogP contribution is -2.45. The van der Waals surface area contributed by atoms with E-state index in [-0.39, 0.29) is 24.0 Å². The van der Waals surface area contributed by atoms with Gasteiger partial charge < -0.3 is 15.4 Å². The molecule has 24 heavy (non-hydrogen) atoms. The number of thiazole rings is 1. The van der Waals surface area contributed by atoms with Gasteiger partial charge in [0, 0.05) is 31.6 Å². The molecule has 3 rings (SSSR count). The van der Waals surface area contributed by atoms with Gasteiger partial charge in [-0.15, -0.1) is 35.3 Å².